The van der Waals surface area contributed by atoms with Crippen LogP contribution >= 0.6 is 0 Å². The van der Waals surface area contributed by atoms with Gasteiger partial charge in [-0.25, -0.2) is 4.39 Å². The van der Waals surface area contributed by atoms with E-state index in [4.69, 9.17) is 10.1 Å². The molecule has 4 atom stereocenters. The monoisotopic (exact) mass is 364 g/mol. The summed E-state index contributed by atoms with van der Waals surface area (Å²) in [6.07, 6.45) is 6.96. The number of oxime groups is 1. The molecule has 0 unspecified atom stereocenters. The number of nitriles is 1. The van der Waals surface area contributed by atoms with E-state index in [1.54, 1.807) is 0 Å². The summed E-state index contributed by atoms with van der Waals surface area (Å²) in [4.78, 5) is 19.3. The molecule has 3 fully saturated rings. The molecule has 0 aromatic heterocycles. The third-order valence-electron chi connectivity index (χ3n) is 5.93. The van der Waals surface area contributed by atoms with Gasteiger partial charge in [-0.05, 0) is 51.9 Å². The fourth-order valence-corrected chi connectivity index (χ4v) is 4.29. The van der Waals surface area contributed by atoms with Crippen molar-refractivity contribution < 1.29 is 14.0 Å². The Kier molecular flexibility index (Phi) is 6.47. The number of carbonyl (C=O) groups is 1. The molecule has 0 radical (unpaired) electrons. The number of likely N-dealkylation sites (tertiary alicyclic amines) is 1. The van der Waals surface area contributed by atoms with Gasteiger partial charge in [-0.3, -0.25) is 4.79 Å². The number of carbonyl (C=O) groups excluding carboxylic acids is 1. The second-order valence-electron chi connectivity index (χ2n) is 7.86. The van der Waals surface area contributed by atoms with Crippen molar-refractivity contribution in [2.75, 3.05) is 13.1 Å². The molecule has 144 valence electrons. The first-order valence-corrected chi connectivity index (χ1v) is 9.83. The van der Waals surface area contributed by atoms with E-state index in [0.717, 1.165) is 37.8 Å². The predicted molar refractivity (Wildman–Crippen MR) is 96.2 cm³/mol. The van der Waals surface area contributed by atoms with E-state index in [1.807, 2.05) is 13.0 Å². The highest BCUT2D eigenvalue weighted by Gasteiger charge is 2.35. The summed E-state index contributed by atoms with van der Waals surface area (Å²) in [6, 6.07) is 1.65. The Bertz CT molecular complexity index is 570. The molecule has 0 spiro atoms. The van der Waals surface area contributed by atoms with E-state index >= 15 is 0 Å². The van der Waals surface area contributed by atoms with Gasteiger partial charge in [-0.1, -0.05) is 5.16 Å². The molecule has 7 heteroatoms. The quantitative estimate of drug-likeness (QED) is 0.580. The van der Waals surface area contributed by atoms with E-state index < -0.39 is 12.2 Å². The lowest BCUT2D eigenvalue weighted by Crippen LogP contribution is -2.43. The van der Waals surface area contributed by atoms with Crippen LogP contribution in [0.1, 0.15) is 58.3 Å². The van der Waals surface area contributed by atoms with Crippen molar-refractivity contribution in [1.82, 2.24) is 10.2 Å². The molecule has 2 saturated carbocycles. The van der Waals surface area contributed by atoms with Gasteiger partial charge in [0.2, 0.25) is 5.91 Å². The maximum Gasteiger partial charge on any atom is 0.237 e. The van der Waals surface area contributed by atoms with Crippen molar-refractivity contribution in [3.63, 3.8) is 0 Å². The van der Waals surface area contributed by atoms with Gasteiger partial charge in [0.1, 0.15) is 18.3 Å². The Labute approximate surface area is 154 Å². The molecule has 0 bridgehead atoms. The van der Waals surface area contributed by atoms with Gasteiger partial charge in [0, 0.05) is 18.4 Å². The summed E-state index contributed by atoms with van der Waals surface area (Å²) in [7, 11) is 0. The van der Waals surface area contributed by atoms with E-state index in [1.165, 1.54) is 17.7 Å². The Morgan fingerprint density at radius 1 is 1.31 bits per heavy atom. The molecule has 1 aliphatic heterocycles. The van der Waals surface area contributed by atoms with Crippen molar-refractivity contribution in [3.05, 3.63) is 0 Å². The number of halogens is 1. The Morgan fingerprint density at radius 2 is 2.08 bits per heavy atom. The van der Waals surface area contributed by atoms with Crippen LogP contribution in [-0.2, 0) is 9.63 Å². The van der Waals surface area contributed by atoms with Gasteiger partial charge in [0.05, 0.1) is 24.9 Å². The molecule has 0 aromatic rings. The number of amides is 1. The summed E-state index contributed by atoms with van der Waals surface area (Å²) in [5, 5.41) is 16.7. The molecule has 0 aromatic carbocycles. The third-order valence-corrected chi connectivity index (χ3v) is 5.93. The second kappa shape index (κ2) is 8.81. The zero-order valence-electron chi connectivity index (χ0n) is 15.5. The number of rotatable bonds is 6. The van der Waals surface area contributed by atoms with E-state index in [0.29, 0.717) is 5.92 Å². The number of hydrogen-bond acceptors (Lipinski definition) is 5. The van der Waals surface area contributed by atoms with Gasteiger partial charge in [0.25, 0.3) is 0 Å². The average molecular weight is 364 g/mol. The average Bonchev–Trinajstić information content (AvgIpc) is 3.37. The first-order valence-electron chi connectivity index (χ1n) is 9.83. The van der Waals surface area contributed by atoms with Crippen LogP contribution in [0.5, 0.6) is 0 Å². The van der Waals surface area contributed by atoms with Gasteiger partial charge in [-0.2, -0.15) is 5.26 Å². The van der Waals surface area contributed by atoms with Crippen molar-refractivity contribution in [3.8, 4) is 6.07 Å². The van der Waals surface area contributed by atoms with Crippen LogP contribution in [0.3, 0.4) is 0 Å². The molecule has 1 saturated heterocycles. The molecule has 3 rings (SSSR count). The standard InChI is InChI=1S/C19H29FN4O2/c1-13(23-26-18-4-2-3-5-18)14-6-7-16(8-14)22-11-19(25)24-12-15(20)9-17(24)10-21/h14-18,22H,2-9,11-12H2,1H3/b23-13+/t14-,15-,16+,17-/m0/s1. The Hall–Kier alpha value is -1.68. The molecule has 2 aliphatic carbocycles. The molecular formula is C19H29FN4O2. The predicted octanol–water partition coefficient (Wildman–Crippen LogP) is 2.54. The van der Waals surface area contributed by atoms with E-state index in [2.05, 4.69) is 10.5 Å². The molecule has 26 heavy (non-hydrogen) atoms. The molecule has 6 nitrogen and oxygen atoms in total. The summed E-state index contributed by atoms with van der Waals surface area (Å²) < 4.78 is 13.4. The first-order chi connectivity index (χ1) is 12.6. The van der Waals surface area contributed by atoms with Crippen LogP contribution in [-0.4, -0.2) is 54.0 Å². The number of nitrogens with one attached hydrogen (secondary N) is 1. The number of hydrogen-bond donors (Lipinski definition) is 1. The molecule has 1 amide bonds. The second-order valence-corrected chi connectivity index (χ2v) is 7.86. The normalized spacial score (nSPS) is 32.8. The first kappa shape index (κ1) is 19.1. The van der Waals surface area contributed by atoms with E-state index in [-0.39, 0.29) is 37.6 Å². The van der Waals surface area contributed by atoms with Gasteiger partial charge < -0.3 is 15.1 Å². The van der Waals surface area contributed by atoms with Crippen LogP contribution in [0.4, 0.5) is 4.39 Å². The van der Waals surface area contributed by atoms with Crippen molar-refractivity contribution in [2.24, 2.45) is 11.1 Å². The summed E-state index contributed by atoms with van der Waals surface area (Å²) in [5.41, 5.74) is 1.04. The topological polar surface area (TPSA) is 77.7 Å². The summed E-state index contributed by atoms with van der Waals surface area (Å²) in [6.45, 7) is 2.23. The highest BCUT2D eigenvalue weighted by atomic mass is 19.1. The molecule has 3 aliphatic rings. The lowest BCUT2D eigenvalue weighted by Gasteiger charge is -2.21. The largest absolute Gasteiger partial charge is 0.393 e. The van der Waals surface area contributed by atoms with Gasteiger partial charge in [-0.15, -0.1) is 0 Å². The zero-order valence-corrected chi connectivity index (χ0v) is 15.5. The minimum atomic E-state index is -1.09. The minimum Gasteiger partial charge on any atom is -0.393 e. The smallest absolute Gasteiger partial charge is 0.237 e. The fraction of sp³-hybridized carbons (Fsp3) is 0.842. The lowest BCUT2D eigenvalue weighted by atomic mass is 10.0. The molecular weight excluding hydrogens is 335 g/mol. The van der Waals surface area contributed by atoms with Crippen LogP contribution in [0.25, 0.3) is 0 Å². The summed E-state index contributed by atoms with van der Waals surface area (Å²) in [5.74, 6) is 0.202. The van der Waals surface area contributed by atoms with Crippen LogP contribution in [0.15, 0.2) is 5.16 Å². The summed E-state index contributed by atoms with van der Waals surface area (Å²) >= 11 is 0. The van der Waals surface area contributed by atoms with Crippen molar-refractivity contribution in [1.29, 1.82) is 5.26 Å². The van der Waals surface area contributed by atoms with Crippen LogP contribution in [0.2, 0.25) is 0 Å². The Balaban J connectivity index is 1.41. The van der Waals surface area contributed by atoms with Gasteiger partial charge in [0.15, 0.2) is 0 Å². The highest BCUT2D eigenvalue weighted by molar-refractivity contribution is 5.84. The van der Waals surface area contributed by atoms with Crippen LogP contribution < -0.4 is 5.32 Å². The van der Waals surface area contributed by atoms with Crippen molar-refractivity contribution in [2.45, 2.75) is 82.6 Å². The van der Waals surface area contributed by atoms with Crippen LogP contribution in [0, 0.1) is 17.2 Å². The maximum atomic E-state index is 13.4. The highest BCUT2D eigenvalue weighted by Crippen LogP contribution is 2.28. The zero-order chi connectivity index (χ0) is 18.5. The number of alkyl halides is 1. The third kappa shape index (κ3) is 4.73. The molecule has 1 N–H and O–H groups in total. The maximum absolute atomic E-state index is 13.4. The van der Waals surface area contributed by atoms with Gasteiger partial charge >= 0.3 is 0 Å². The van der Waals surface area contributed by atoms with E-state index in [9.17, 15) is 9.18 Å². The van der Waals surface area contributed by atoms with Crippen molar-refractivity contribution >= 4 is 11.6 Å². The SMILES string of the molecule is C/C(=N\OC1CCCC1)[C@H]1CC[C@@H](NCC(=O)N2C[C@@H](F)C[C@H]2C#N)C1. The fourth-order valence-electron chi connectivity index (χ4n) is 4.29. The lowest BCUT2D eigenvalue weighted by molar-refractivity contribution is -0.130. The number of nitrogens with zero attached hydrogens (tertiary/aromatic N) is 3. The Morgan fingerprint density at radius 3 is 2.81 bits per heavy atom. The minimum absolute atomic E-state index is 0.0380. The molecule has 1 heterocycles.